The van der Waals surface area contributed by atoms with Crippen LogP contribution in [0.3, 0.4) is 0 Å². The maximum atomic E-state index is 14.1. The fourth-order valence-electron chi connectivity index (χ4n) is 11.1. The highest BCUT2D eigenvalue weighted by Gasteiger charge is 2.56. The van der Waals surface area contributed by atoms with Crippen molar-refractivity contribution in [1.82, 2.24) is 15.1 Å². The monoisotopic (exact) mass is 1230 g/mol. The van der Waals surface area contributed by atoms with Gasteiger partial charge in [-0.2, -0.15) is 0 Å². The molecule has 3 amide bonds. The molecule has 26 heteroatoms. The van der Waals surface area contributed by atoms with Crippen LogP contribution < -0.4 is 29.0 Å². The van der Waals surface area contributed by atoms with Gasteiger partial charge in [-0.1, -0.05) is 52.3 Å². The molecule has 3 N–H and O–H groups in total. The van der Waals surface area contributed by atoms with E-state index in [1.807, 2.05) is 6.08 Å². The number of nitrogens with one attached hydrogen (secondary N) is 1. The number of ether oxygens (including phenoxy) is 13. The molecule has 0 spiro atoms. The second kappa shape index (κ2) is 27.4. The summed E-state index contributed by atoms with van der Waals surface area (Å²) in [5.74, 6) is -3.52. The van der Waals surface area contributed by atoms with Gasteiger partial charge in [0.05, 0.1) is 59.1 Å². The van der Waals surface area contributed by atoms with Crippen LogP contribution in [0.25, 0.3) is 0 Å². The topological polar surface area (TPSA) is 281 Å². The fourth-order valence-corrected chi connectivity index (χ4v) is 12.6. The summed E-state index contributed by atoms with van der Waals surface area (Å²) in [4.78, 5) is 84.5. The molecule has 3 saturated heterocycles. The molecule has 0 radical (unpaired) electrons. The first-order valence-electron chi connectivity index (χ1n) is 29.1. The molecular formula is C59H85N3O21Si2. The van der Waals surface area contributed by atoms with Crippen molar-refractivity contribution in [3.63, 3.8) is 0 Å². The van der Waals surface area contributed by atoms with Gasteiger partial charge in [0.2, 0.25) is 18.4 Å². The summed E-state index contributed by atoms with van der Waals surface area (Å²) < 4.78 is 76.1. The maximum Gasteiger partial charge on any atom is 0.415 e. The van der Waals surface area contributed by atoms with Gasteiger partial charge >= 0.3 is 30.1 Å². The molecule has 470 valence electrons. The van der Waals surface area contributed by atoms with E-state index in [4.69, 9.17) is 61.6 Å². The zero-order chi connectivity index (χ0) is 61.7. The number of rotatable bonds is 21. The number of esters is 3. The fraction of sp³-hybridized carbons (Fsp3) is 0.661. The van der Waals surface area contributed by atoms with E-state index in [0.717, 1.165) is 12.1 Å². The normalized spacial score (nSPS) is 28.5. The van der Waals surface area contributed by atoms with Crippen molar-refractivity contribution in [1.29, 1.82) is 0 Å². The molecule has 4 aliphatic heterocycles. The van der Waals surface area contributed by atoms with E-state index in [9.17, 15) is 39.0 Å². The number of cyclic esters (lactones) is 1. The summed E-state index contributed by atoms with van der Waals surface area (Å²) in [6.07, 6.45) is -4.87. The van der Waals surface area contributed by atoms with E-state index >= 15 is 0 Å². The Morgan fingerprint density at radius 2 is 1.45 bits per heavy atom. The van der Waals surface area contributed by atoms with Crippen LogP contribution in [-0.4, -0.2) is 196 Å². The molecule has 6 aliphatic rings. The molecule has 0 saturated carbocycles. The third kappa shape index (κ3) is 15.8. The zero-order valence-electron chi connectivity index (χ0n) is 50.8. The van der Waals surface area contributed by atoms with E-state index in [-0.39, 0.29) is 82.8 Å². The molecule has 2 aliphatic carbocycles. The van der Waals surface area contributed by atoms with Gasteiger partial charge in [0, 0.05) is 60.6 Å². The second-order valence-electron chi connectivity index (χ2n) is 25.4. The molecule has 13 atom stereocenters. The summed E-state index contributed by atoms with van der Waals surface area (Å²) in [6, 6.07) is 7.05. The minimum atomic E-state index is -1.55. The van der Waals surface area contributed by atoms with Crippen molar-refractivity contribution in [2.24, 2.45) is 17.3 Å². The van der Waals surface area contributed by atoms with Gasteiger partial charge in [-0.05, 0) is 91.7 Å². The van der Waals surface area contributed by atoms with Crippen molar-refractivity contribution in [3.8, 4) is 28.7 Å². The van der Waals surface area contributed by atoms with Crippen molar-refractivity contribution in [3.05, 3.63) is 53.1 Å². The standard InChI is InChI=1S/C59H85N3O21Si2/c1-33-75-31-44-52(79-33)48(64)49(65)55(81-44)82-50-37-28-41-40(77-32-78-41)27-36(37)46(47-38(50)30-76-54(47)67)34-25-42(71-5)51(43(26-34)72-6)83-58(70)62(4)20-19-61(3)57(69)80-35-15-13-14-17-59(2,18-16-35)56(68)60-39(53(66)74-22-24-85(10,11)12)29-45(63)73-21-23-84(7,8)9/h13,15,25-28,33,35,38-39,44,46-50,52,55,64-65H,14,16-24,29-32H2,1-12H3,(H,60,68)/b15-13+/t33-,35+,38+,39+,44-,46-,47+,48-,49-,50?,52-,55?,59-/m1/s1. The molecule has 0 bridgehead atoms. The van der Waals surface area contributed by atoms with Gasteiger partial charge in [0.15, 0.2) is 35.6 Å². The molecule has 2 unspecified atom stereocenters. The van der Waals surface area contributed by atoms with Crippen LogP contribution in [0.1, 0.15) is 74.7 Å². The number of aliphatic hydroxyl groups excluding tert-OH is 2. The van der Waals surface area contributed by atoms with Crippen LogP contribution in [0.4, 0.5) is 9.59 Å². The Balaban J connectivity index is 0.898. The average Bonchev–Trinajstić information content (AvgIpc) is 1.76. The Labute approximate surface area is 498 Å². The van der Waals surface area contributed by atoms with Crippen molar-refractivity contribution >= 4 is 52.1 Å². The van der Waals surface area contributed by atoms with E-state index in [2.05, 4.69) is 44.6 Å². The number of amides is 3. The van der Waals surface area contributed by atoms with Crippen LogP contribution in [0.5, 0.6) is 28.7 Å². The Hall–Kier alpha value is -6.01. The van der Waals surface area contributed by atoms with E-state index in [1.165, 1.54) is 38.1 Å². The minimum absolute atomic E-state index is 0.00671. The summed E-state index contributed by atoms with van der Waals surface area (Å²) in [7, 11) is 2.76. The van der Waals surface area contributed by atoms with Crippen LogP contribution in [0, 0.1) is 17.3 Å². The summed E-state index contributed by atoms with van der Waals surface area (Å²) >= 11 is 0. The SMILES string of the molecule is COc1cc([C@@H]2c3cc4c(cc3C(OC3O[C@@H]5CO[C@@H](C)O[C@H]5[C@H](O)[C@H]3O)[C@H]3COC(=O)[C@H]23)OCO4)cc(OC)c1OC(=O)N(C)CCN(C)C(=O)O[C@H]1/C=C/CC[C@@](C)(C(=O)N[C@@H](CC(=O)OCC[Si](C)(C)C)C(=O)OCC[Si](C)(C)C)CC1. The van der Waals surface area contributed by atoms with E-state index in [1.54, 1.807) is 44.2 Å². The average molecular weight is 1230 g/mol. The van der Waals surface area contributed by atoms with Crippen molar-refractivity contribution in [2.45, 2.75) is 158 Å². The van der Waals surface area contributed by atoms with Gasteiger partial charge < -0.3 is 86.9 Å². The number of carbonyl (C=O) groups is 6. The Kier molecular flexibility index (Phi) is 20.9. The van der Waals surface area contributed by atoms with Gasteiger partial charge in [-0.3, -0.25) is 14.4 Å². The number of likely N-dealkylation sites (N-methyl/N-ethyl adjacent to an activating group) is 2. The van der Waals surface area contributed by atoms with Gasteiger partial charge in [0.1, 0.15) is 36.6 Å². The highest BCUT2D eigenvalue weighted by atomic mass is 28.3. The Morgan fingerprint density at radius 1 is 0.812 bits per heavy atom. The molecule has 4 heterocycles. The molecule has 2 aromatic carbocycles. The first kappa shape index (κ1) is 65.0. The number of methoxy groups -OCH3 is 2. The number of fused-ring (bicyclic) bond motifs is 4. The summed E-state index contributed by atoms with van der Waals surface area (Å²) in [5.41, 5.74) is 0.713. The molecule has 8 rings (SSSR count). The number of aliphatic hydroxyl groups is 2. The number of hydrogen-bond acceptors (Lipinski definition) is 21. The van der Waals surface area contributed by atoms with Crippen LogP contribution >= 0.6 is 0 Å². The van der Waals surface area contributed by atoms with Crippen LogP contribution in [0.2, 0.25) is 51.4 Å². The number of benzene rings is 2. The molecule has 85 heavy (non-hydrogen) atoms. The molecule has 2 aromatic rings. The third-order valence-corrected chi connectivity index (χ3v) is 19.9. The van der Waals surface area contributed by atoms with Gasteiger partial charge in [-0.25, -0.2) is 14.4 Å². The lowest BCUT2D eigenvalue weighted by molar-refractivity contribution is -0.364. The zero-order valence-corrected chi connectivity index (χ0v) is 52.8. The lowest BCUT2D eigenvalue weighted by atomic mass is 9.66. The minimum Gasteiger partial charge on any atom is -0.493 e. The highest BCUT2D eigenvalue weighted by molar-refractivity contribution is 6.76. The number of nitrogens with zero attached hydrogens (tertiary/aromatic N) is 2. The van der Waals surface area contributed by atoms with Crippen LogP contribution in [-0.2, 0) is 57.1 Å². The number of allylic oxidation sites excluding steroid dienone is 1. The lowest BCUT2D eigenvalue weighted by Gasteiger charge is -2.47. The van der Waals surface area contributed by atoms with E-state index < -0.39 is 131 Å². The quantitative estimate of drug-likeness (QED) is 0.0537. The first-order chi connectivity index (χ1) is 40.2. The second-order valence-corrected chi connectivity index (χ2v) is 36.7. The third-order valence-electron chi connectivity index (χ3n) is 16.5. The Morgan fingerprint density at radius 3 is 2.09 bits per heavy atom. The van der Waals surface area contributed by atoms with Gasteiger partial charge in [0.25, 0.3) is 0 Å². The van der Waals surface area contributed by atoms with Crippen molar-refractivity contribution in [2.75, 3.05) is 74.6 Å². The van der Waals surface area contributed by atoms with E-state index in [0.29, 0.717) is 41.0 Å². The highest BCUT2D eigenvalue weighted by Crippen LogP contribution is 2.57. The first-order valence-corrected chi connectivity index (χ1v) is 36.5. The smallest absolute Gasteiger partial charge is 0.415 e. The number of hydrogen-bond donors (Lipinski definition) is 3. The van der Waals surface area contributed by atoms with Crippen LogP contribution in [0.15, 0.2) is 36.4 Å². The summed E-state index contributed by atoms with van der Waals surface area (Å²) in [5, 5.41) is 25.3. The van der Waals surface area contributed by atoms with Crippen molar-refractivity contribution < 1.29 is 101 Å². The molecule has 3 fully saturated rings. The maximum absolute atomic E-state index is 14.1. The summed E-state index contributed by atoms with van der Waals surface area (Å²) in [6.45, 7) is 16.9. The molecular weight excluding hydrogens is 1140 g/mol. The molecule has 24 nitrogen and oxygen atoms in total. The van der Waals surface area contributed by atoms with Gasteiger partial charge in [-0.15, -0.1) is 0 Å². The largest absolute Gasteiger partial charge is 0.493 e. The predicted molar refractivity (Wildman–Crippen MR) is 309 cm³/mol. The Bertz CT molecular complexity index is 2760. The predicted octanol–water partition coefficient (Wildman–Crippen LogP) is 6.27. The molecule has 0 aromatic heterocycles. The lowest BCUT2D eigenvalue weighted by Crippen LogP contribution is -2.63. The number of carbonyl (C=O) groups excluding carboxylic acids is 6.